The first-order valence-electron chi connectivity index (χ1n) is 5.45. The number of benzene rings is 1. The number of carbonyl (C=O) groups excluding carboxylic acids is 1. The molecule has 4 nitrogen and oxygen atoms in total. The van der Waals surface area contributed by atoms with Crippen LogP contribution in [-0.2, 0) is 4.74 Å². The number of rotatable bonds is 6. The first-order chi connectivity index (χ1) is 8.54. The lowest BCUT2D eigenvalue weighted by molar-refractivity contribution is 0.0587. The highest BCUT2D eigenvalue weighted by atomic mass is 35.5. The molecule has 0 aliphatic heterocycles. The van der Waals surface area contributed by atoms with Gasteiger partial charge in [-0.2, -0.15) is 0 Å². The summed E-state index contributed by atoms with van der Waals surface area (Å²) in [6, 6.07) is 4.67. The van der Waals surface area contributed by atoms with Crippen LogP contribution in [0.4, 0.5) is 0 Å². The van der Waals surface area contributed by atoms with Crippen LogP contribution in [0, 0.1) is 0 Å². The van der Waals surface area contributed by atoms with Crippen LogP contribution in [0.25, 0.3) is 0 Å². The number of ether oxygens (including phenoxy) is 1. The number of carbonyl (C=O) groups is 1. The standard InChI is InChI=1S/C12H15Cl2NO3/c1-18-7-9(16)4-5-15-12(17)10-3-2-8(13)6-11(10)14/h2-3,6,9,16H,4-5,7H2,1H3,(H,15,17). The lowest BCUT2D eigenvalue weighted by Gasteiger charge is -2.10. The molecule has 0 heterocycles. The van der Waals surface area contributed by atoms with Crippen LogP contribution >= 0.6 is 23.2 Å². The fraction of sp³-hybridized carbons (Fsp3) is 0.417. The van der Waals surface area contributed by atoms with E-state index in [1.165, 1.54) is 13.2 Å². The molecule has 1 aromatic carbocycles. The van der Waals surface area contributed by atoms with Crippen LogP contribution in [0.15, 0.2) is 18.2 Å². The van der Waals surface area contributed by atoms with Gasteiger partial charge in [0.05, 0.1) is 23.3 Å². The minimum Gasteiger partial charge on any atom is -0.391 e. The molecule has 0 fully saturated rings. The first kappa shape index (κ1) is 15.2. The van der Waals surface area contributed by atoms with Crippen molar-refractivity contribution in [1.29, 1.82) is 0 Å². The van der Waals surface area contributed by atoms with Crippen molar-refractivity contribution in [1.82, 2.24) is 5.32 Å². The van der Waals surface area contributed by atoms with E-state index in [2.05, 4.69) is 5.32 Å². The van der Waals surface area contributed by atoms with E-state index >= 15 is 0 Å². The van der Waals surface area contributed by atoms with Crippen molar-refractivity contribution in [3.05, 3.63) is 33.8 Å². The summed E-state index contributed by atoms with van der Waals surface area (Å²) in [6.07, 6.45) is -0.166. The summed E-state index contributed by atoms with van der Waals surface area (Å²) in [5.41, 5.74) is 0.363. The zero-order chi connectivity index (χ0) is 13.5. The Kier molecular flexibility index (Phi) is 6.43. The fourth-order valence-corrected chi connectivity index (χ4v) is 1.89. The van der Waals surface area contributed by atoms with Crippen molar-refractivity contribution in [3.63, 3.8) is 0 Å². The molecule has 1 amide bonds. The average molecular weight is 292 g/mol. The molecule has 6 heteroatoms. The molecule has 1 atom stereocenters. The third-order valence-corrected chi connectivity index (χ3v) is 2.85. The minimum atomic E-state index is -0.587. The van der Waals surface area contributed by atoms with E-state index in [1.807, 2.05) is 0 Å². The van der Waals surface area contributed by atoms with E-state index in [1.54, 1.807) is 12.1 Å². The van der Waals surface area contributed by atoms with E-state index in [-0.39, 0.29) is 12.5 Å². The smallest absolute Gasteiger partial charge is 0.252 e. The monoisotopic (exact) mass is 291 g/mol. The van der Waals surface area contributed by atoms with E-state index in [0.29, 0.717) is 28.6 Å². The molecule has 1 aromatic rings. The first-order valence-corrected chi connectivity index (χ1v) is 6.20. The van der Waals surface area contributed by atoms with Crippen molar-refractivity contribution >= 4 is 29.1 Å². The number of aliphatic hydroxyl groups excluding tert-OH is 1. The summed E-state index contributed by atoms with van der Waals surface area (Å²) < 4.78 is 4.78. The molecule has 100 valence electrons. The van der Waals surface area contributed by atoms with E-state index in [0.717, 1.165) is 0 Å². The maximum Gasteiger partial charge on any atom is 0.252 e. The van der Waals surface area contributed by atoms with Gasteiger partial charge in [0.15, 0.2) is 0 Å². The van der Waals surface area contributed by atoms with E-state index < -0.39 is 6.10 Å². The summed E-state index contributed by atoms with van der Waals surface area (Å²) in [6.45, 7) is 0.597. The predicted octanol–water partition coefficient (Wildman–Crippen LogP) is 2.12. The van der Waals surface area contributed by atoms with Crippen LogP contribution < -0.4 is 5.32 Å². The van der Waals surface area contributed by atoms with Gasteiger partial charge in [0.1, 0.15) is 0 Å². The maximum absolute atomic E-state index is 11.8. The van der Waals surface area contributed by atoms with Gasteiger partial charge >= 0.3 is 0 Å². The number of halogens is 2. The quantitative estimate of drug-likeness (QED) is 0.844. The van der Waals surface area contributed by atoms with Crippen molar-refractivity contribution in [2.75, 3.05) is 20.3 Å². The highest BCUT2D eigenvalue weighted by molar-refractivity contribution is 6.36. The Morgan fingerprint density at radius 1 is 1.50 bits per heavy atom. The SMILES string of the molecule is COCC(O)CCNC(=O)c1ccc(Cl)cc1Cl. The van der Waals surface area contributed by atoms with Gasteiger partial charge < -0.3 is 15.2 Å². The number of aliphatic hydroxyl groups is 1. The van der Waals surface area contributed by atoms with Gasteiger partial charge in [0.25, 0.3) is 5.91 Å². The Morgan fingerprint density at radius 2 is 2.22 bits per heavy atom. The van der Waals surface area contributed by atoms with Gasteiger partial charge in [-0.25, -0.2) is 0 Å². The average Bonchev–Trinajstić information content (AvgIpc) is 2.29. The highest BCUT2D eigenvalue weighted by Gasteiger charge is 2.11. The van der Waals surface area contributed by atoms with E-state index in [4.69, 9.17) is 27.9 Å². The van der Waals surface area contributed by atoms with Crippen LogP contribution in [-0.4, -0.2) is 37.4 Å². The molecule has 0 bridgehead atoms. The number of hydrogen-bond acceptors (Lipinski definition) is 3. The summed E-state index contributed by atoms with van der Waals surface area (Å²) in [7, 11) is 1.51. The van der Waals surface area contributed by atoms with Gasteiger partial charge in [-0.15, -0.1) is 0 Å². The van der Waals surface area contributed by atoms with Crippen LogP contribution in [0.2, 0.25) is 10.0 Å². The fourth-order valence-electron chi connectivity index (χ4n) is 1.40. The van der Waals surface area contributed by atoms with E-state index in [9.17, 15) is 9.90 Å². The molecule has 1 rings (SSSR count). The molecule has 1 unspecified atom stereocenters. The number of methoxy groups -OCH3 is 1. The van der Waals surface area contributed by atoms with Crippen molar-refractivity contribution < 1.29 is 14.6 Å². The van der Waals surface area contributed by atoms with Gasteiger partial charge in [0.2, 0.25) is 0 Å². The number of hydrogen-bond donors (Lipinski definition) is 2. The predicted molar refractivity (Wildman–Crippen MR) is 71.3 cm³/mol. The molecule has 0 saturated carbocycles. The van der Waals surface area contributed by atoms with Crippen LogP contribution in [0.3, 0.4) is 0 Å². The zero-order valence-corrected chi connectivity index (χ0v) is 11.5. The largest absolute Gasteiger partial charge is 0.391 e. The van der Waals surface area contributed by atoms with Gasteiger partial charge in [-0.1, -0.05) is 23.2 Å². The third kappa shape index (κ3) is 4.82. The Labute approximate surface area is 116 Å². The Hall–Kier alpha value is -0.810. The molecule has 0 aliphatic carbocycles. The third-order valence-electron chi connectivity index (χ3n) is 2.30. The van der Waals surface area contributed by atoms with Crippen molar-refractivity contribution in [3.8, 4) is 0 Å². The molecule has 0 saturated heterocycles. The number of nitrogens with one attached hydrogen (secondary N) is 1. The van der Waals surface area contributed by atoms with Gasteiger partial charge in [0, 0.05) is 18.7 Å². The Balaban J connectivity index is 2.45. The highest BCUT2D eigenvalue weighted by Crippen LogP contribution is 2.20. The number of amides is 1. The van der Waals surface area contributed by atoms with Crippen molar-refractivity contribution in [2.45, 2.75) is 12.5 Å². The zero-order valence-electron chi connectivity index (χ0n) is 9.95. The minimum absolute atomic E-state index is 0.248. The molecule has 18 heavy (non-hydrogen) atoms. The normalized spacial score (nSPS) is 12.2. The molecular weight excluding hydrogens is 277 g/mol. The molecule has 0 aliphatic rings. The second kappa shape index (κ2) is 7.59. The van der Waals surface area contributed by atoms with Gasteiger partial charge in [-0.3, -0.25) is 4.79 Å². The summed E-state index contributed by atoms with van der Waals surface area (Å²) in [5, 5.41) is 12.9. The van der Waals surface area contributed by atoms with Crippen molar-refractivity contribution in [2.24, 2.45) is 0 Å². The summed E-state index contributed by atoms with van der Waals surface area (Å²) in [4.78, 5) is 11.8. The molecule has 0 aromatic heterocycles. The Morgan fingerprint density at radius 3 is 2.83 bits per heavy atom. The Bertz CT molecular complexity index is 412. The molecule has 0 radical (unpaired) electrons. The van der Waals surface area contributed by atoms with Crippen LogP contribution in [0.5, 0.6) is 0 Å². The second-order valence-corrected chi connectivity index (χ2v) is 4.62. The topological polar surface area (TPSA) is 58.6 Å². The van der Waals surface area contributed by atoms with Crippen LogP contribution in [0.1, 0.15) is 16.8 Å². The molecular formula is C12H15Cl2NO3. The molecule has 2 N–H and O–H groups in total. The maximum atomic E-state index is 11.8. The summed E-state index contributed by atoms with van der Waals surface area (Å²) in [5.74, 6) is -0.290. The second-order valence-electron chi connectivity index (χ2n) is 3.78. The lowest BCUT2D eigenvalue weighted by Crippen LogP contribution is -2.28. The summed E-state index contributed by atoms with van der Waals surface area (Å²) >= 11 is 11.6. The lowest BCUT2D eigenvalue weighted by atomic mass is 10.2. The molecule has 0 spiro atoms. The van der Waals surface area contributed by atoms with Gasteiger partial charge in [-0.05, 0) is 24.6 Å².